The van der Waals surface area contributed by atoms with Crippen LogP contribution in [0.5, 0.6) is 0 Å². The highest BCUT2D eigenvalue weighted by Crippen LogP contribution is 2.47. The summed E-state index contributed by atoms with van der Waals surface area (Å²) in [4.78, 5) is 55.1. The fourth-order valence-electron chi connectivity index (χ4n) is 5.65. The normalized spacial score (nSPS) is 17.9. The first-order valence-corrected chi connectivity index (χ1v) is 13.6. The first-order valence-electron chi connectivity index (χ1n) is 12.1. The lowest BCUT2D eigenvalue weighted by molar-refractivity contribution is 0.0830. The number of nitrogens with zero attached hydrogens (tertiary/aromatic N) is 1. The second kappa shape index (κ2) is 8.91. The van der Waals surface area contributed by atoms with Gasteiger partial charge in [0.1, 0.15) is 5.92 Å². The molecule has 196 valence electrons. The highest BCUT2D eigenvalue weighted by atomic mass is 35.5. The van der Waals surface area contributed by atoms with Gasteiger partial charge in [-0.1, -0.05) is 95.0 Å². The van der Waals surface area contributed by atoms with Crippen molar-refractivity contribution >= 4 is 98.0 Å². The Labute approximate surface area is 247 Å². The average molecular weight is 608 g/mol. The quantitative estimate of drug-likeness (QED) is 0.109. The van der Waals surface area contributed by atoms with E-state index in [0.29, 0.717) is 22.4 Å². The monoisotopic (exact) mass is 606 g/mol. The molecule has 10 heteroatoms. The van der Waals surface area contributed by atoms with E-state index < -0.39 is 23.8 Å². The van der Waals surface area contributed by atoms with Crippen molar-refractivity contribution in [3.05, 3.63) is 109 Å². The van der Waals surface area contributed by atoms with Gasteiger partial charge in [0.05, 0.1) is 48.6 Å². The third-order valence-electron chi connectivity index (χ3n) is 7.55. The van der Waals surface area contributed by atoms with Crippen molar-refractivity contribution in [1.29, 1.82) is 0 Å². The van der Waals surface area contributed by atoms with Gasteiger partial charge in [-0.15, -0.1) is 0 Å². The minimum Gasteiger partial charge on any atom is -0.375 e. The third kappa shape index (κ3) is 3.37. The summed E-state index contributed by atoms with van der Waals surface area (Å²) >= 11 is 25.0. The Morgan fingerprint density at radius 2 is 1.23 bits per heavy atom. The Hall–Kier alpha value is -3.68. The molecule has 6 nitrogen and oxygen atoms in total. The maximum atomic E-state index is 13.5. The Bertz CT molecular complexity index is 1830. The second-order valence-electron chi connectivity index (χ2n) is 9.67. The van der Waals surface area contributed by atoms with E-state index in [1.54, 1.807) is 42.5 Å². The minimum atomic E-state index is -1.02. The summed E-state index contributed by atoms with van der Waals surface area (Å²) in [6.45, 7) is 0. The molecule has 0 saturated carbocycles. The van der Waals surface area contributed by atoms with Gasteiger partial charge < -0.3 is 5.32 Å². The smallest absolute Gasteiger partial charge is 0.267 e. The number of benzene rings is 4. The van der Waals surface area contributed by atoms with Crippen molar-refractivity contribution < 1.29 is 19.2 Å². The maximum Gasteiger partial charge on any atom is 0.267 e. The number of imide groups is 1. The van der Waals surface area contributed by atoms with Gasteiger partial charge in [0, 0.05) is 11.1 Å². The molecule has 0 radical (unpaired) electrons. The van der Waals surface area contributed by atoms with E-state index in [-0.39, 0.29) is 48.5 Å². The van der Waals surface area contributed by atoms with Crippen LogP contribution in [0.2, 0.25) is 20.1 Å². The van der Waals surface area contributed by atoms with Crippen LogP contribution in [0.3, 0.4) is 0 Å². The lowest BCUT2D eigenvalue weighted by Crippen LogP contribution is -2.37. The molecular formula is C30H14Cl4N2O4. The molecule has 40 heavy (non-hydrogen) atoms. The molecule has 7 rings (SSSR count). The number of carbonyl (C=O) groups excluding carboxylic acids is 4. The van der Waals surface area contributed by atoms with E-state index in [9.17, 15) is 19.2 Å². The van der Waals surface area contributed by atoms with Crippen LogP contribution in [0.1, 0.15) is 47.0 Å². The van der Waals surface area contributed by atoms with Gasteiger partial charge in [-0.2, -0.15) is 0 Å². The van der Waals surface area contributed by atoms with Crippen LogP contribution in [0.15, 0.2) is 60.7 Å². The molecule has 0 aromatic heterocycles. The van der Waals surface area contributed by atoms with Gasteiger partial charge in [0.25, 0.3) is 11.8 Å². The Morgan fingerprint density at radius 3 is 1.77 bits per heavy atom. The number of ketones is 2. The molecule has 1 unspecified atom stereocenters. The number of amides is 2. The van der Waals surface area contributed by atoms with Crippen molar-refractivity contribution in [1.82, 2.24) is 0 Å². The van der Waals surface area contributed by atoms with Crippen LogP contribution in [0.25, 0.3) is 16.8 Å². The molecule has 0 fully saturated rings. The second-order valence-corrected chi connectivity index (χ2v) is 11.2. The van der Waals surface area contributed by atoms with Crippen molar-refractivity contribution in [3.63, 3.8) is 0 Å². The fraction of sp³-hybridized carbons (Fsp3) is 0.0667. The first-order chi connectivity index (χ1) is 19.2. The number of halogens is 4. The lowest BCUT2D eigenvalue weighted by Gasteiger charge is -2.29. The SMILES string of the molecule is O=C1c2cc3ccccc3cc2C(=O)C1C1C=Cc2cccc(N3C(=O)c4c(Cl)c(Cl)c(Cl)c(Cl)c4C3=O)c2N1. The number of fused-ring (bicyclic) bond motifs is 4. The predicted octanol–water partition coefficient (Wildman–Crippen LogP) is 7.76. The molecule has 4 aromatic carbocycles. The van der Waals surface area contributed by atoms with E-state index in [2.05, 4.69) is 5.32 Å². The average Bonchev–Trinajstić information content (AvgIpc) is 3.36. The van der Waals surface area contributed by atoms with E-state index in [4.69, 9.17) is 46.4 Å². The Kier molecular flexibility index (Phi) is 5.64. The zero-order valence-electron chi connectivity index (χ0n) is 20.1. The number of nitrogens with one attached hydrogen (secondary N) is 1. The van der Waals surface area contributed by atoms with E-state index in [0.717, 1.165) is 15.7 Å². The van der Waals surface area contributed by atoms with Crippen LogP contribution in [0, 0.1) is 5.92 Å². The fourth-order valence-corrected chi connectivity index (χ4v) is 6.67. The summed E-state index contributed by atoms with van der Waals surface area (Å²) in [6, 6.07) is 15.3. The van der Waals surface area contributed by atoms with Gasteiger partial charge in [-0.3, -0.25) is 19.2 Å². The largest absolute Gasteiger partial charge is 0.375 e. The molecule has 2 aliphatic heterocycles. The molecule has 1 aliphatic carbocycles. The molecule has 1 atom stereocenters. The lowest BCUT2D eigenvalue weighted by atomic mass is 9.90. The van der Waals surface area contributed by atoms with Crippen molar-refractivity contribution in [2.75, 3.05) is 10.2 Å². The summed E-state index contributed by atoms with van der Waals surface area (Å²) in [5, 5.41) is 4.38. The molecule has 0 saturated heterocycles. The first kappa shape index (κ1) is 25.3. The summed E-state index contributed by atoms with van der Waals surface area (Å²) in [5.41, 5.74) is 1.72. The maximum absolute atomic E-state index is 13.5. The summed E-state index contributed by atoms with van der Waals surface area (Å²) < 4.78 is 0. The number of rotatable bonds is 2. The topological polar surface area (TPSA) is 83.6 Å². The molecule has 1 N–H and O–H groups in total. The van der Waals surface area contributed by atoms with E-state index in [1.165, 1.54) is 0 Å². The number of carbonyl (C=O) groups is 4. The molecular weight excluding hydrogens is 594 g/mol. The van der Waals surface area contributed by atoms with Crippen LogP contribution in [-0.2, 0) is 0 Å². The van der Waals surface area contributed by atoms with E-state index >= 15 is 0 Å². The van der Waals surface area contributed by atoms with Crippen molar-refractivity contribution in [3.8, 4) is 0 Å². The van der Waals surface area contributed by atoms with Gasteiger partial charge >= 0.3 is 0 Å². The summed E-state index contributed by atoms with van der Waals surface area (Å²) in [7, 11) is 0. The minimum absolute atomic E-state index is 0.128. The number of para-hydroxylation sites is 1. The molecule has 4 aromatic rings. The van der Waals surface area contributed by atoms with Crippen molar-refractivity contribution in [2.45, 2.75) is 6.04 Å². The Morgan fingerprint density at radius 1 is 0.675 bits per heavy atom. The number of anilines is 2. The molecule has 0 bridgehead atoms. The highest BCUT2D eigenvalue weighted by molar-refractivity contribution is 6.56. The standard InChI is InChI=1S/C30H14Cl4N2O4/c31-22-20-21(23(32)25(34)24(22)33)30(40)36(29(20)39)18-7-3-6-12-8-9-17(35-26(12)18)19-27(37)15-10-13-4-1-2-5-14(13)11-16(15)28(19)38/h1-11,17,19,35H. The van der Waals surface area contributed by atoms with Gasteiger partial charge in [0.15, 0.2) is 11.6 Å². The van der Waals surface area contributed by atoms with Crippen LogP contribution in [-0.4, -0.2) is 29.4 Å². The molecule has 2 amide bonds. The number of hydrogen-bond acceptors (Lipinski definition) is 5. The predicted molar refractivity (Wildman–Crippen MR) is 157 cm³/mol. The summed E-state index contributed by atoms with van der Waals surface area (Å²) in [5.74, 6) is -3.06. The van der Waals surface area contributed by atoms with Crippen LogP contribution >= 0.6 is 46.4 Å². The zero-order chi connectivity index (χ0) is 28.0. The van der Waals surface area contributed by atoms with E-state index in [1.807, 2.05) is 24.3 Å². The van der Waals surface area contributed by atoms with Gasteiger partial charge in [-0.25, -0.2) is 4.90 Å². The van der Waals surface area contributed by atoms with Crippen LogP contribution < -0.4 is 10.2 Å². The van der Waals surface area contributed by atoms with Gasteiger partial charge in [-0.05, 0) is 34.5 Å². The number of Topliss-reactive ketones (excluding diaryl/α,β-unsaturated/α-hetero) is 2. The summed E-state index contributed by atoms with van der Waals surface area (Å²) in [6.07, 6.45) is 3.50. The van der Waals surface area contributed by atoms with Crippen molar-refractivity contribution in [2.24, 2.45) is 5.92 Å². The third-order valence-corrected chi connectivity index (χ3v) is 9.35. The highest BCUT2D eigenvalue weighted by Gasteiger charge is 2.46. The number of hydrogen-bond donors (Lipinski definition) is 1. The molecule has 2 heterocycles. The molecule has 0 spiro atoms. The van der Waals surface area contributed by atoms with Gasteiger partial charge in [0.2, 0.25) is 0 Å². The zero-order valence-corrected chi connectivity index (χ0v) is 23.1. The Balaban J connectivity index is 1.28. The van der Waals surface area contributed by atoms with Crippen LogP contribution in [0.4, 0.5) is 11.4 Å². The molecule has 3 aliphatic rings.